The highest BCUT2D eigenvalue weighted by Gasteiger charge is 2.25. The van der Waals surface area contributed by atoms with Crippen molar-refractivity contribution >= 4 is 17.0 Å². The normalized spacial score (nSPS) is 12.1. The van der Waals surface area contributed by atoms with E-state index in [1.54, 1.807) is 12.4 Å². The third-order valence-electron chi connectivity index (χ3n) is 5.69. The van der Waals surface area contributed by atoms with Crippen LogP contribution >= 0.6 is 0 Å². The number of nitrogens with two attached hydrogens (primary N) is 1. The summed E-state index contributed by atoms with van der Waals surface area (Å²) in [5, 5.41) is 4.16. The van der Waals surface area contributed by atoms with Crippen molar-refractivity contribution in [3.05, 3.63) is 60.7 Å². The molecule has 0 unspecified atom stereocenters. The van der Waals surface area contributed by atoms with Gasteiger partial charge in [-0.3, -0.25) is 0 Å². The second kappa shape index (κ2) is 8.06. The van der Waals surface area contributed by atoms with E-state index in [1.165, 1.54) is 0 Å². The fraction of sp³-hybridized carbons (Fsp3) is 0.269. The largest absolute Gasteiger partial charge is 0.368 e. The highest BCUT2D eigenvalue weighted by molar-refractivity contribution is 5.88. The summed E-state index contributed by atoms with van der Waals surface area (Å²) in [4.78, 5) is 18.0. The first-order valence-corrected chi connectivity index (χ1v) is 11.3. The minimum atomic E-state index is -0.221. The number of nitrogens with zero attached hydrogens (tertiary/aromatic N) is 6. The highest BCUT2D eigenvalue weighted by atomic mass is 16.5. The molecule has 0 fully saturated rings. The van der Waals surface area contributed by atoms with E-state index in [9.17, 15) is 0 Å². The van der Waals surface area contributed by atoms with E-state index in [-0.39, 0.29) is 17.4 Å². The molecule has 5 aromatic rings. The van der Waals surface area contributed by atoms with E-state index in [0.29, 0.717) is 11.7 Å². The lowest BCUT2D eigenvalue weighted by molar-refractivity contribution is 0.412. The van der Waals surface area contributed by atoms with Crippen LogP contribution in [0, 0.1) is 0 Å². The SMILES string of the molecule is CC(C)c1noc(-c2ccccc2-c2nc3cc(-c4cnc(N)nc4)ccc3n2C(C)(C)C)n1. The summed E-state index contributed by atoms with van der Waals surface area (Å²) in [6, 6.07) is 14.2. The number of anilines is 1. The van der Waals surface area contributed by atoms with Crippen molar-refractivity contribution in [2.24, 2.45) is 0 Å². The van der Waals surface area contributed by atoms with Crippen LogP contribution in [0.1, 0.15) is 46.4 Å². The minimum Gasteiger partial charge on any atom is -0.368 e. The van der Waals surface area contributed by atoms with Gasteiger partial charge in [-0.25, -0.2) is 15.0 Å². The van der Waals surface area contributed by atoms with Crippen LogP contribution in [0.15, 0.2) is 59.4 Å². The molecule has 8 nitrogen and oxygen atoms in total. The molecular formula is C26H27N7O. The van der Waals surface area contributed by atoms with Gasteiger partial charge in [-0.2, -0.15) is 4.98 Å². The zero-order valence-corrected chi connectivity index (χ0v) is 19.9. The molecule has 0 radical (unpaired) electrons. The molecule has 5 rings (SSSR count). The Balaban J connectivity index is 1.71. The molecule has 0 saturated heterocycles. The lowest BCUT2D eigenvalue weighted by Crippen LogP contribution is -2.22. The van der Waals surface area contributed by atoms with E-state index in [4.69, 9.17) is 15.2 Å². The molecule has 3 aromatic heterocycles. The van der Waals surface area contributed by atoms with Crippen molar-refractivity contribution in [2.45, 2.75) is 46.1 Å². The molecule has 0 amide bonds. The molecular weight excluding hydrogens is 426 g/mol. The van der Waals surface area contributed by atoms with Crippen LogP contribution in [0.3, 0.4) is 0 Å². The molecule has 0 atom stereocenters. The van der Waals surface area contributed by atoms with Crippen LogP contribution in [-0.4, -0.2) is 29.7 Å². The first kappa shape index (κ1) is 21.8. The second-order valence-electron chi connectivity index (χ2n) is 9.63. The molecule has 172 valence electrons. The van der Waals surface area contributed by atoms with Crippen LogP contribution in [0.4, 0.5) is 5.95 Å². The average Bonchev–Trinajstić information content (AvgIpc) is 3.44. The smallest absolute Gasteiger partial charge is 0.258 e. The van der Waals surface area contributed by atoms with Gasteiger partial charge in [0, 0.05) is 35.0 Å². The lowest BCUT2D eigenvalue weighted by atomic mass is 10.0. The van der Waals surface area contributed by atoms with Gasteiger partial charge >= 0.3 is 0 Å². The summed E-state index contributed by atoms with van der Waals surface area (Å²) in [5.41, 5.74) is 11.0. The first-order chi connectivity index (χ1) is 16.2. The number of nitrogen functional groups attached to an aromatic ring is 1. The van der Waals surface area contributed by atoms with Crippen LogP contribution in [0.25, 0.3) is 45.0 Å². The van der Waals surface area contributed by atoms with Gasteiger partial charge in [0.1, 0.15) is 5.82 Å². The van der Waals surface area contributed by atoms with E-state index in [2.05, 4.69) is 63.6 Å². The Kier molecular flexibility index (Phi) is 5.16. The molecule has 34 heavy (non-hydrogen) atoms. The molecule has 3 heterocycles. The number of hydrogen-bond acceptors (Lipinski definition) is 7. The van der Waals surface area contributed by atoms with Crippen LogP contribution in [0.2, 0.25) is 0 Å². The van der Waals surface area contributed by atoms with Crippen molar-refractivity contribution in [3.8, 4) is 34.0 Å². The number of imidazole rings is 1. The summed E-state index contributed by atoms with van der Waals surface area (Å²) >= 11 is 0. The Morgan fingerprint density at radius 1 is 0.912 bits per heavy atom. The first-order valence-electron chi connectivity index (χ1n) is 11.3. The van der Waals surface area contributed by atoms with Gasteiger partial charge in [-0.15, -0.1) is 0 Å². The molecule has 2 aromatic carbocycles. The summed E-state index contributed by atoms with van der Waals surface area (Å²) in [6.45, 7) is 10.6. The maximum atomic E-state index is 5.66. The van der Waals surface area contributed by atoms with Gasteiger partial charge in [-0.1, -0.05) is 43.3 Å². The molecule has 0 aliphatic heterocycles. The van der Waals surface area contributed by atoms with Gasteiger partial charge in [0.15, 0.2) is 5.82 Å². The summed E-state index contributed by atoms with van der Waals surface area (Å²) < 4.78 is 7.89. The third kappa shape index (κ3) is 3.81. The molecule has 0 bridgehead atoms. The molecule has 0 saturated carbocycles. The fourth-order valence-corrected chi connectivity index (χ4v) is 4.05. The van der Waals surface area contributed by atoms with E-state index < -0.39 is 0 Å². The average molecular weight is 454 g/mol. The Bertz CT molecular complexity index is 1470. The van der Waals surface area contributed by atoms with Crippen molar-refractivity contribution in [1.29, 1.82) is 0 Å². The molecule has 0 aliphatic rings. The Morgan fingerprint density at radius 3 is 2.26 bits per heavy atom. The molecule has 2 N–H and O–H groups in total. The van der Waals surface area contributed by atoms with Gasteiger partial charge in [-0.05, 0) is 44.5 Å². The summed E-state index contributed by atoms with van der Waals surface area (Å²) in [7, 11) is 0. The maximum absolute atomic E-state index is 5.66. The number of aromatic nitrogens is 6. The van der Waals surface area contributed by atoms with E-state index in [0.717, 1.165) is 39.1 Å². The Labute approximate surface area is 197 Å². The molecule has 8 heteroatoms. The Morgan fingerprint density at radius 2 is 1.62 bits per heavy atom. The number of rotatable bonds is 4. The Hall–Kier alpha value is -4.07. The van der Waals surface area contributed by atoms with Gasteiger partial charge < -0.3 is 14.8 Å². The molecule has 0 aliphatic carbocycles. The third-order valence-corrected chi connectivity index (χ3v) is 5.69. The van der Waals surface area contributed by atoms with Crippen LogP contribution in [-0.2, 0) is 5.54 Å². The van der Waals surface area contributed by atoms with E-state index >= 15 is 0 Å². The predicted molar refractivity (Wildman–Crippen MR) is 133 cm³/mol. The molecule has 0 spiro atoms. The summed E-state index contributed by atoms with van der Waals surface area (Å²) in [5.74, 6) is 2.45. The van der Waals surface area contributed by atoms with Gasteiger partial charge in [0.25, 0.3) is 5.89 Å². The van der Waals surface area contributed by atoms with Gasteiger partial charge in [0.05, 0.1) is 16.6 Å². The summed E-state index contributed by atoms with van der Waals surface area (Å²) in [6.07, 6.45) is 3.45. The monoisotopic (exact) mass is 453 g/mol. The maximum Gasteiger partial charge on any atom is 0.258 e. The quantitative estimate of drug-likeness (QED) is 0.373. The van der Waals surface area contributed by atoms with Crippen LogP contribution in [0.5, 0.6) is 0 Å². The predicted octanol–water partition coefficient (Wildman–Crippen LogP) is 5.67. The van der Waals surface area contributed by atoms with Crippen molar-refractivity contribution in [2.75, 3.05) is 5.73 Å². The highest BCUT2D eigenvalue weighted by Crippen LogP contribution is 2.37. The fourth-order valence-electron chi connectivity index (χ4n) is 4.05. The van der Waals surface area contributed by atoms with Gasteiger partial charge in [0.2, 0.25) is 5.95 Å². The number of benzene rings is 2. The number of fused-ring (bicyclic) bond motifs is 1. The topological polar surface area (TPSA) is 109 Å². The van der Waals surface area contributed by atoms with E-state index in [1.807, 2.05) is 38.1 Å². The zero-order chi connectivity index (χ0) is 24.0. The zero-order valence-electron chi connectivity index (χ0n) is 19.9. The van der Waals surface area contributed by atoms with Crippen molar-refractivity contribution in [1.82, 2.24) is 29.7 Å². The standard InChI is InChI=1S/C26H27N7O/c1-15(2)22-31-24(34-32-22)19-9-7-6-8-18(19)23-30-20-12-16(17-13-28-25(27)29-14-17)10-11-21(20)33(23)26(3,4)5/h6-15H,1-5H3,(H2,27,28,29). The van der Waals surface area contributed by atoms with Crippen molar-refractivity contribution < 1.29 is 4.52 Å². The van der Waals surface area contributed by atoms with Crippen LogP contribution < -0.4 is 5.73 Å². The minimum absolute atomic E-state index is 0.180. The van der Waals surface area contributed by atoms with Crippen molar-refractivity contribution in [3.63, 3.8) is 0 Å². The number of hydrogen-bond donors (Lipinski definition) is 1. The second-order valence-corrected chi connectivity index (χ2v) is 9.63. The lowest BCUT2D eigenvalue weighted by Gasteiger charge is -2.25.